The first-order chi connectivity index (χ1) is 18.4. The second-order valence-electron chi connectivity index (χ2n) is 9.57. The highest BCUT2D eigenvalue weighted by molar-refractivity contribution is 6.04. The maximum Gasteiger partial charge on any atom is 0.343 e. The Morgan fingerprint density at radius 1 is 1.05 bits per heavy atom. The zero-order chi connectivity index (χ0) is 26.2. The number of pyridine rings is 2. The van der Waals surface area contributed by atoms with Gasteiger partial charge in [0.2, 0.25) is 6.79 Å². The van der Waals surface area contributed by atoms with Gasteiger partial charge in [-0.25, -0.2) is 9.78 Å². The van der Waals surface area contributed by atoms with Gasteiger partial charge in [0.25, 0.3) is 5.56 Å². The number of fused-ring (bicyclic) bond motifs is 5. The molecule has 38 heavy (non-hydrogen) atoms. The van der Waals surface area contributed by atoms with Crippen LogP contribution in [0.5, 0.6) is 17.2 Å². The van der Waals surface area contributed by atoms with Crippen molar-refractivity contribution >= 4 is 16.9 Å². The molecule has 9 heteroatoms. The summed E-state index contributed by atoms with van der Waals surface area (Å²) in [6.07, 6.45) is 0.0800. The van der Waals surface area contributed by atoms with Crippen molar-refractivity contribution in [1.29, 1.82) is 0 Å². The normalized spacial score (nSPS) is 18.7. The molecule has 0 spiro atoms. The van der Waals surface area contributed by atoms with Gasteiger partial charge in [-0.05, 0) is 49.2 Å². The van der Waals surface area contributed by atoms with Crippen LogP contribution in [0.2, 0.25) is 0 Å². The summed E-state index contributed by atoms with van der Waals surface area (Å²) in [5, 5.41) is 11.9. The molecule has 1 atom stereocenters. The van der Waals surface area contributed by atoms with Crippen molar-refractivity contribution < 1.29 is 28.8 Å². The lowest BCUT2D eigenvalue weighted by Crippen LogP contribution is -2.44. The molecule has 0 amide bonds. The van der Waals surface area contributed by atoms with Gasteiger partial charge in [-0.3, -0.25) is 4.79 Å². The van der Waals surface area contributed by atoms with Crippen LogP contribution in [0.25, 0.3) is 33.4 Å². The number of hydrogen-bond donors (Lipinski definition) is 1. The van der Waals surface area contributed by atoms with Crippen LogP contribution in [0.1, 0.15) is 37.0 Å². The summed E-state index contributed by atoms with van der Waals surface area (Å²) in [7, 11) is 0. The van der Waals surface area contributed by atoms with E-state index < -0.39 is 11.6 Å². The minimum absolute atomic E-state index is 0.0423. The summed E-state index contributed by atoms with van der Waals surface area (Å²) in [6, 6.07) is 13.4. The maximum absolute atomic E-state index is 13.6. The summed E-state index contributed by atoms with van der Waals surface area (Å²) in [5.41, 5.74) is 2.71. The predicted octanol–water partition coefficient (Wildman–Crippen LogP) is 3.87. The average Bonchev–Trinajstić information content (AvgIpc) is 3.31. The Hall–Kier alpha value is -4.37. The molecular weight excluding hydrogens is 488 g/mol. The third-order valence-corrected chi connectivity index (χ3v) is 7.65. The Morgan fingerprint density at radius 3 is 2.63 bits per heavy atom. The Labute approximate surface area is 217 Å². The monoisotopic (exact) mass is 512 g/mol. The maximum atomic E-state index is 13.6. The highest BCUT2D eigenvalue weighted by Crippen LogP contribution is 2.48. The summed E-state index contributed by atoms with van der Waals surface area (Å²) >= 11 is 0. The molecule has 0 fully saturated rings. The number of aromatic nitrogens is 2. The number of nitrogens with zero attached hydrogens (tertiary/aromatic N) is 2. The number of esters is 1. The molecule has 3 aliphatic rings. The standard InChI is InChI=1S/C29H24N2O7/c1-3-29(34)20-11-21-24-18(12-31(21)27(32)19(20)13-36-28(29)33)26-23-22(37-14-38-26)10-9-17(25(23)30-24)15-5-7-16(8-6-15)35-4-2/h5-11,34H,3-4,12-14H2,1-2H3/t29-/m0/s1. The number of cyclic esters (lactones) is 1. The van der Waals surface area contributed by atoms with Gasteiger partial charge < -0.3 is 28.6 Å². The molecule has 3 aliphatic heterocycles. The number of rotatable bonds is 4. The summed E-state index contributed by atoms with van der Waals surface area (Å²) in [5.74, 6) is 1.31. The smallest absolute Gasteiger partial charge is 0.343 e. The van der Waals surface area contributed by atoms with E-state index in [9.17, 15) is 14.7 Å². The molecule has 0 saturated carbocycles. The Bertz CT molecular complexity index is 1720. The first-order valence-electron chi connectivity index (χ1n) is 12.6. The number of carbonyl (C=O) groups excluding carboxylic acids is 1. The fraction of sp³-hybridized carbons (Fsp3) is 0.276. The lowest BCUT2D eigenvalue weighted by molar-refractivity contribution is -0.172. The number of carbonyl (C=O) groups is 1. The Balaban J connectivity index is 1.49. The number of ether oxygens (including phenoxy) is 4. The Morgan fingerprint density at radius 2 is 1.87 bits per heavy atom. The fourth-order valence-corrected chi connectivity index (χ4v) is 5.68. The largest absolute Gasteiger partial charge is 0.494 e. The molecule has 4 aromatic rings. The van der Waals surface area contributed by atoms with Gasteiger partial charge >= 0.3 is 5.97 Å². The van der Waals surface area contributed by atoms with E-state index in [0.717, 1.165) is 27.8 Å². The molecule has 192 valence electrons. The summed E-state index contributed by atoms with van der Waals surface area (Å²) in [4.78, 5) is 31.2. The molecule has 0 saturated heterocycles. The second kappa shape index (κ2) is 8.06. The molecule has 1 N–H and O–H groups in total. The molecule has 0 radical (unpaired) electrons. The van der Waals surface area contributed by atoms with Crippen LogP contribution in [0, 0.1) is 0 Å². The molecular formula is C29H24N2O7. The van der Waals surface area contributed by atoms with Crippen molar-refractivity contribution in [3.05, 3.63) is 69.5 Å². The molecule has 9 nitrogen and oxygen atoms in total. The van der Waals surface area contributed by atoms with Gasteiger partial charge in [-0.15, -0.1) is 0 Å². The number of hydrogen-bond acceptors (Lipinski definition) is 8. The van der Waals surface area contributed by atoms with Crippen molar-refractivity contribution in [3.8, 4) is 39.8 Å². The van der Waals surface area contributed by atoms with Crippen LogP contribution >= 0.6 is 0 Å². The van der Waals surface area contributed by atoms with Crippen LogP contribution in [-0.4, -0.2) is 34.0 Å². The van der Waals surface area contributed by atoms with Crippen molar-refractivity contribution in [2.24, 2.45) is 0 Å². The topological polar surface area (TPSA) is 109 Å². The molecule has 0 bridgehead atoms. The molecule has 5 heterocycles. The lowest BCUT2D eigenvalue weighted by Gasteiger charge is -2.31. The van der Waals surface area contributed by atoms with Crippen molar-refractivity contribution in [1.82, 2.24) is 9.55 Å². The second-order valence-corrected chi connectivity index (χ2v) is 9.57. The number of aliphatic hydroxyl groups is 1. The first-order valence-corrected chi connectivity index (χ1v) is 12.6. The highest BCUT2D eigenvalue weighted by Gasteiger charge is 2.45. The van der Waals surface area contributed by atoms with E-state index >= 15 is 0 Å². The zero-order valence-corrected chi connectivity index (χ0v) is 20.9. The quantitative estimate of drug-likeness (QED) is 0.362. The van der Waals surface area contributed by atoms with Crippen LogP contribution in [0.3, 0.4) is 0 Å². The number of benzene rings is 2. The van der Waals surface area contributed by atoms with Crippen molar-refractivity contribution in [2.45, 2.75) is 39.0 Å². The zero-order valence-electron chi connectivity index (χ0n) is 20.9. The minimum Gasteiger partial charge on any atom is -0.494 e. The summed E-state index contributed by atoms with van der Waals surface area (Å²) in [6.45, 7) is 4.32. The van der Waals surface area contributed by atoms with Gasteiger partial charge in [0.15, 0.2) is 5.60 Å². The van der Waals surface area contributed by atoms with Gasteiger partial charge in [-0.2, -0.15) is 0 Å². The molecule has 2 aromatic carbocycles. The van der Waals surface area contributed by atoms with E-state index in [1.54, 1.807) is 17.6 Å². The van der Waals surface area contributed by atoms with Crippen LogP contribution in [-0.2, 0) is 28.3 Å². The van der Waals surface area contributed by atoms with Gasteiger partial charge in [0, 0.05) is 16.7 Å². The first kappa shape index (κ1) is 22.8. The predicted molar refractivity (Wildman–Crippen MR) is 137 cm³/mol. The molecule has 0 aliphatic carbocycles. The average molecular weight is 513 g/mol. The molecule has 0 unspecified atom stereocenters. The van der Waals surface area contributed by atoms with E-state index in [1.807, 2.05) is 43.3 Å². The van der Waals surface area contributed by atoms with E-state index in [-0.39, 0.29) is 43.1 Å². The van der Waals surface area contributed by atoms with Gasteiger partial charge in [0.1, 0.15) is 23.9 Å². The van der Waals surface area contributed by atoms with Crippen LogP contribution < -0.4 is 19.8 Å². The van der Waals surface area contributed by atoms with E-state index in [4.69, 9.17) is 23.9 Å². The SMILES string of the molecule is CCOc1ccc(-c2ccc3c4c(c5c(nc24)-c2cc4c(c(=O)n2C5)COC(=O)[C@]4(O)CC)OCO3)cc1. The van der Waals surface area contributed by atoms with E-state index in [2.05, 4.69) is 0 Å². The van der Waals surface area contributed by atoms with E-state index in [0.29, 0.717) is 35.0 Å². The van der Waals surface area contributed by atoms with Crippen molar-refractivity contribution in [3.63, 3.8) is 0 Å². The fourth-order valence-electron chi connectivity index (χ4n) is 5.68. The van der Waals surface area contributed by atoms with Gasteiger partial charge in [0.05, 0.1) is 41.0 Å². The molecule has 2 aromatic heterocycles. The van der Waals surface area contributed by atoms with E-state index in [1.165, 1.54) is 0 Å². The highest BCUT2D eigenvalue weighted by atomic mass is 16.7. The third-order valence-electron chi connectivity index (χ3n) is 7.65. The van der Waals surface area contributed by atoms with Gasteiger partial charge in [-0.1, -0.05) is 19.1 Å². The van der Waals surface area contributed by atoms with Crippen LogP contribution in [0.4, 0.5) is 0 Å². The molecule has 7 rings (SSSR count). The lowest BCUT2D eigenvalue weighted by atomic mass is 9.86. The third kappa shape index (κ3) is 2.99. The Kier molecular flexibility index (Phi) is 4.84. The van der Waals surface area contributed by atoms with Crippen molar-refractivity contribution in [2.75, 3.05) is 13.4 Å². The van der Waals surface area contributed by atoms with Crippen LogP contribution in [0.15, 0.2) is 47.3 Å². The summed E-state index contributed by atoms with van der Waals surface area (Å²) < 4.78 is 24.2. The minimum atomic E-state index is -1.89.